The molecule has 1 aliphatic rings. The maximum Gasteiger partial charge on any atom is 0.256 e. The lowest BCUT2D eigenvalue weighted by Gasteiger charge is -2.30. The molecule has 1 aliphatic heterocycles. The van der Waals surface area contributed by atoms with Gasteiger partial charge in [-0.1, -0.05) is 11.6 Å². The second-order valence-electron chi connectivity index (χ2n) is 4.46. The molecule has 0 aromatic heterocycles. The standard InChI is InChI=1S/C13H17ClN2O2/c1-15-12-3-2-9(14)8-11(12)13(18)16-6-4-10(17)5-7-16/h2-3,8,10,15,17H,4-7H2,1H3. The van der Waals surface area contributed by atoms with Crippen LogP contribution in [0.25, 0.3) is 0 Å². The van der Waals surface area contributed by atoms with E-state index in [9.17, 15) is 9.90 Å². The molecule has 4 nitrogen and oxygen atoms in total. The highest BCUT2D eigenvalue weighted by atomic mass is 35.5. The van der Waals surface area contributed by atoms with Gasteiger partial charge < -0.3 is 15.3 Å². The summed E-state index contributed by atoms with van der Waals surface area (Å²) in [6.45, 7) is 1.19. The van der Waals surface area contributed by atoms with Crippen LogP contribution in [0, 0.1) is 0 Å². The van der Waals surface area contributed by atoms with Crippen LogP contribution in [-0.2, 0) is 0 Å². The molecule has 0 radical (unpaired) electrons. The lowest BCUT2D eigenvalue weighted by atomic mass is 10.1. The summed E-state index contributed by atoms with van der Waals surface area (Å²) in [6, 6.07) is 5.24. The van der Waals surface area contributed by atoms with Gasteiger partial charge in [0.25, 0.3) is 5.91 Å². The van der Waals surface area contributed by atoms with Crippen molar-refractivity contribution in [3.8, 4) is 0 Å². The smallest absolute Gasteiger partial charge is 0.256 e. The third-order valence-corrected chi connectivity index (χ3v) is 3.47. The molecule has 18 heavy (non-hydrogen) atoms. The van der Waals surface area contributed by atoms with Crippen molar-refractivity contribution >= 4 is 23.2 Å². The summed E-state index contributed by atoms with van der Waals surface area (Å²) in [5.41, 5.74) is 1.36. The van der Waals surface area contributed by atoms with E-state index in [1.165, 1.54) is 0 Å². The molecule has 5 heteroatoms. The van der Waals surface area contributed by atoms with Crippen molar-refractivity contribution in [1.82, 2.24) is 4.90 Å². The second-order valence-corrected chi connectivity index (χ2v) is 4.90. The van der Waals surface area contributed by atoms with Crippen LogP contribution in [0.3, 0.4) is 0 Å². The number of rotatable bonds is 2. The minimum atomic E-state index is -0.280. The molecule has 0 spiro atoms. The van der Waals surface area contributed by atoms with Gasteiger partial charge in [-0.25, -0.2) is 0 Å². The molecule has 1 aromatic rings. The largest absolute Gasteiger partial charge is 0.393 e. The Kier molecular flexibility index (Phi) is 4.09. The molecule has 1 fully saturated rings. The van der Waals surface area contributed by atoms with Gasteiger partial charge in [0.05, 0.1) is 11.7 Å². The lowest BCUT2D eigenvalue weighted by Crippen LogP contribution is -2.40. The molecule has 0 aliphatic carbocycles. The minimum absolute atomic E-state index is 0.0336. The first kappa shape index (κ1) is 13.2. The maximum absolute atomic E-state index is 12.4. The Balaban J connectivity index is 2.20. The van der Waals surface area contributed by atoms with Crippen LogP contribution < -0.4 is 5.32 Å². The molecular formula is C13H17ClN2O2. The van der Waals surface area contributed by atoms with Crippen LogP contribution in [0.4, 0.5) is 5.69 Å². The van der Waals surface area contributed by atoms with Crippen molar-refractivity contribution in [3.63, 3.8) is 0 Å². The van der Waals surface area contributed by atoms with E-state index in [1.807, 2.05) is 0 Å². The van der Waals surface area contributed by atoms with Crippen LogP contribution in [0.1, 0.15) is 23.2 Å². The molecule has 1 saturated heterocycles. The molecule has 2 N–H and O–H groups in total. The summed E-state index contributed by atoms with van der Waals surface area (Å²) in [4.78, 5) is 14.1. The number of hydrogen-bond acceptors (Lipinski definition) is 3. The van der Waals surface area contributed by atoms with Crippen LogP contribution in [-0.4, -0.2) is 42.2 Å². The number of anilines is 1. The number of hydrogen-bond donors (Lipinski definition) is 2. The average molecular weight is 269 g/mol. The number of likely N-dealkylation sites (tertiary alicyclic amines) is 1. The summed E-state index contributed by atoms with van der Waals surface area (Å²) in [5, 5.41) is 13.0. The lowest BCUT2D eigenvalue weighted by molar-refractivity contribution is 0.0547. The van der Waals surface area contributed by atoms with E-state index < -0.39 is 0 Å². The van der Waals surface area contributed by atoms with Gasteiger partial charge in [-0.2, -0.15) is 0 Å². The Morgan fingerprint density at radius 2 is 2.11 bits per heavy atom. The number of benzene rings is 1. The number of aliphatic hydroxyl groups is 1. The first-order valence-electron chi connectivity index (χ1n) is 6.06. The predicted molar refractivity (Wildman–Crippen MR) is 72.1 cm³/mol. The fourth-order valence-corrected chi connectivity index (χ4v) is 2.32. The maximum atomic E-state index is 12.4. The van der Waals surface area contributed by atoms with E-state index in [1.54, 1.807) is 30.1 Å². The van der Waals surface area contributed by atoms with E-state index in [0.29, 0.717) is 36.5 Å². The normalized spacial score (nSPS) is 16.7. The first-order valence-corrected chi connectivity index (χ1v) is 6.44. The average Bonchev–Trinajstić information content (AvgIpc) is 2.39. The molecule has 1 aromatic carbocycles. The molecule has 1 heterocycles. The zero-order chi connectivity index (χ0) is 13.1. The molecule has 0 atom stereocenters. The van der Waals surface area contributed by atoms with E-state index in [4.69, 9.17) is 11.6 Å². The molecule has 98 valence electrons. The van der Waals surface area contributed by atoms with Crippen LogP contribution in [0.15, 0.2) is 18.2 Å². The van der Waals surface area contributed by atoms with E-state index in [2.05, 4.69) is 5.32 Å². The quantitative estimate of drug-likeness (QED) is 0.862. The van der Waals surface area contributed by atoms with Gasteiger partial charge in [0, 0.05) is 30.8 Å². The Labute approximate surface area is 112 Å². The van der Waals surface area contributed by atoms with Crippen LogP contribution >= 0.6 is 11.6 Å². The third-order valence-electron chi connectivity index (χ3n) is 3.23. The third kappa shape index (κ3) is 2.76. The summed E-state index contributed by atoms with van der Waals surface area (Å²) < 4.78 is 0. The van der Waals surface area contributed by atoms with Gasteiger partial charge in [0.2, 0.25) is 0 Å². The number of halogens is 1. The topological polar surface area (TPSA) is 52.6 Å². The van der Waals surface area contributed by atoms with E-state index >= 15 is 0 Å². The predicted octanol–water partition coefficient (Wildman–Crippen LogP) is 1.98. The van der Waals surface area contributed by atoms with Crippen molar-refractivity contribution < 1.29 is 9.90 Å². The SMILES string of the molecule is CNc1ccc(Cl)cc1C(=O)N1CCC(O)CC1. The summed E-state index contributed by atoms with van der Waals surface area (Å²) in [6.07, 6.45) is 1.000. The number of aliphatic hydroxyl groups excluding tert-OH is 1. The Bertz CT molecular complexity index is 443. The molecule has 0 bridgehead atoms. The van der Waals surface area contributed by atoms with Crippen LogP contribution in [0.2, 0.25) is 5.02 Å². The number of amides is 1. The van der Waals surface area contributed by atoms with Crippen molar-refractivity contribution in [2.75, 3.05) is 25.5 Å². The van der Waals surface area contributed by atoms with Crippen molar-refractivity contribution in [2.24, 2.45) is 0 Å². The highest BCUT2D eigenvalue weighted by Gasteiger charge is 2.23. The molecule has 0 unspecified atom stereocenters. The monoisotopic (exact) mass is 268 g/mol. The number of nitrogens with one attached hydrogen (secondary N) is 1. The van der Waals surface area contributed by atoms with Gasteiger partial charge in [-0.3, -0.25) is 4.79 Å². The fraction of sp³-hybridized carbons (Fsp3) is 0.462. The number of carbonyl (C=O) groups is 1. The molecule has 2 rings (SSSR count). The minimum Gasteiger partial charge on any atom is -0.393 e. The number of piperidine rings is 1. The van der Waals surface area contributed by atoms with Gasteiger partial charge in [-0.15, -0.1) is 0 Å². The Morgan fingerprint density at radius 1 is 1.44 bits per heavy atom. The Morgan fingerprint density at radius 3 is 2.72 bits per heavy atom. The Hall–Kier alpha value is -1.26. The molecule has 1 amide bonds. The molecule has 0 saturated carbocycles. The zero-order valence-corrected chi connectivity index (χ0v) is 11.1. The van der Waals surface area contributed by atoms with Gasteiger partial charge in [0.15, 0.2) is 0 Å². The van der Waals surface area contributed by atoms with Crippen molar-refractivity contribution in [1.29, 1.82) is 0 Å². The van der Waals surface area contributed by atoms with Gasteiger partial charge >= 0.3 is 0 Å². The van der Waals surface area contributed by atoms with E-state index in [-0.39, 0.29) is 12.0 Å². The highest BCUT2D eigenvalue weighted by molar-refractivity contribution is 6.31. The van der Waals surface area contributed by atoms with Crippen LogP contribution in [0.5, 0.6) is 0 Å². The van der Waals surface area contributed by atoms with E-state index in [0.717, 1.165) is 5.69 Å². The van der Waals surface area contributed by atoms with Crippen molar-refractivity contribution in [3.05, 3.63) is 28.8 Å². The van der Waals surface area contributed by atoms with Gasteiger partial charge in [-0.05, 0) is 31.0 Å². The fourth-order valence-electron chi connectivity index (χ4n) is 2.15. The first-order chi connectivity index (χ1) is 8.61. The second kappa shape index (κ2) is 5.59. The highest BCUT2D eigenvalue weighted by Crippen LogP contribution is 2.23. The number of nitrogens with zero attached hydrogens (tertiary/aromatic N) is 1. The van der Waals surface area contributed by atoms with Gasteiger partial charge in [0.1, 0.15) is 0 Å². The summed E-state index contributed by atoms with van der Waals surface area (Å²) >= 11 is 5.94. The zero-order valence-electron chi connectivity index (χ0n) is 10.3. The van der Waals surface area contributed by atoms with Crippen molar-refractivity contribution in [2.45, 2.75) is 18.9 Å². The summed E-state index contributed by atoms with van der Waals surface area (Å²) in [7, 11) is 1.78. The number of carbonyl (C=O) groups excluding carboxylic acids is 1. The molecular weight excluding hydrogens is 252 g/mol. The summed E-state index contributed by atoms with van der Waals surface area (Å²) in [5.74, 6) is -0.0336.